The largest absolute Gasteiger partial charge is 0.304 e. The van der Waals surface area contributed by atoms with E-state index in [1.54, 1.807) is 17.5 Å². The normalized spacial score (nSPS) is 15.9. The summed E-state index contributed by atoms with van der Waals surface area (Å²) in [6, 6.07) is 14.1. The molecular formula is C20H20N4OS. The number of benzene rings is 1. The van der Waals surface area contributed by atoms with Gasteiger partial charge >= 0.3 is 0 Å². The van der Waals surface area contributed by atoms with Crippen LogP contribution in [0.1, 0.15) is 6.42 Å². The molecule has 0 spiro atoms. The Bertz CT molecular complexity index is 838. The summed E-state index contributed by atoms with van der Waals surface area (Å²) in [5, 5.41) is 0.767. The van der Waals surface area contributed by atoms with Crippen LogP contribution in [0.15, 0.2) is 54.9 Å². The summed E-state index contributed by atoms with van der Waals surface area (Å²) in [6.07, 6.45) is 4.14. The molecule has 0 aliphatic carbocycles. The molecule has 0 saturated carbocycles. The average molecular weight is 364 g/mol. The van der Waals surface area contributed by atoms with Crippen molar-refractivity contribution in [1.29, 1.82) is 0 Å². The molecule has 1 fully saturated rings. The van der Waals surface area contributed by atoms with Gasteiger partial charge < -0.3 is 4.90 Å². The molecular weight excluding hydrogens is 344 g/mol. The predicted octanol–water partition coefficient (Wildman–Crippen LogP) is 3.54. The van der Waals surface area contributed by atoms with Crippen molar-refractivity contribution >= 4 is 22.4 Å². The molecule has 26 heavy (non-hydrogen) atoms. The summed E-state index contributed by atoms with van der Waals surface area (Å²) < 4.78 is 0. The molecule has 3 heterocycles. The third-order valence-corrected chi connectivity index (χ3v) is 5.66. The number of rotatable bonds is 3. The van der Waals surface area contributed by atoms with Gasteiger partial charge in [0.05, 0.1) is 10.6 Å². The highest BCUT2D eigenvalue weighted by atomic mass is 32.1. The Morgan fingerprint density at radius 3 is 2.58 bits per heavy atom. The van der Waals surface area contributed by atoms with Gasteiger partial charge in [-0.25, -0.2) is 4.98 Å². The fourth-order valence-electron chi connectivity index (χ4n) is 3.04. The van der Waals surface area contributed by atoms with Gasteiger partial charge in [-0.2, -0.15) is 0 Å². The number of carbonyl (C=O) groups is 1. The minimum absolute atomic E-state index is 0.139. The second-order valence-corrected chi connectivity index (χ2v) is 7.36. The Hall–Kier alpha value is -2.57. The second-order valence-electron chi connectivity index (χ2n) is 6.38. The number of thiazole rings is 1. The van der Waals surface area contributed by atoms with Crippen LogP contribution in [0.2, 0.25) is 0 Å². The van der Waals surface area contributed by atoms with Crippen LogP contribution in [0, 0.1) is 0 Å². The second kappa shape index (κ2) is 7.35. The van der Waals surface area contributed by atoms with Gasteiger partial charge in [0.1, 0.15) is 0 Å². The summed E-state index contributed by atoms with van der Waals surface area (Å²) >= 11 is 1.56. The number of aromatic nitrogens is 2. The molecule has 0 bridgehead atoms. The summed E-state index contributed by atoms with van der Waals surface area (Å²) in [6.45, 7) is 2.32. The number of amides is 1. The van der Waals surface area contributed by atoms with Crippen molar-refractivity contribution in [2.24, 2.45) is 0 Å². The lowest BCUT2D eigenvalue weighted by Gasteiger charge is -2.17. The van der Waals surface area contributed by atoms with Crippen LogP contribution in [0.25, 0.3) is 21.7 Å². The number of hydrogen-bond donors (Lipinski definition) is 0. The zero-order valence-electron chi connectivity index (χ0n) is 14.6. The molecule has 6 heteroatoms. The van der Waals surface area contributed by atoms with Crippen LogP contribution in [0.3, 0.4) is 0 Å². The minimum atomic E-state index is 0.139. The fourth-order valence-corrected chi connectivity index (χ4v) is 4.16. The van der Waals surface area contributed by atoms with Crippen molar-refractivity contribution in [2.75, 3.05) is 31.6 Å². The minimum Gasteiger partial charge on any atom is -0.304 e. The van der Waals surface area contributed by atoms with Crippen LogP contribution in [0.5, 0.6) is 0 Å². The van der Waals surface area contributed by atoms with E-state index in [9.17, 15) is 4.79 Å². The predicted molar refractivity (Wildman–Crippen MR) is 105 cm³/mol. The SMILES string of the molecule is CN1CCC(=O)N(c2nc(-c3ccccc3)c(-c3cccnc3)s2)CC1. The van der Waals surface area contributed by atoms with E-state index in [0.717, 1.165) is 39.9 Å². The third kappa shape index (κ3) is 3.38. The van der Waals surface area contributed by atoms with Gasteiger partial charge in [-0.1, -0.05) is 47.7 Å². The Morgan fingerprint density at radius 2 is 1.81 bits per heavy atom. The molecule has 1 aliphatic heterocycles. The van der Waals surface area contributed by atoms with E-state index in [1.165, 1.54) is 0 Å². The summed E-state index contributed by atoms with van der Waals surface area (Å²) in [5.74, 6) is 0.139. The molecule has 3 aromatic rings. The topological polar surface area (TPSA) is 49.3 Å². The molecule has 2 aromatic heterocycles. The molecule has 1 saturated heterocycles. The van der Waals surface area contributed by atoms with Gasteiger partial charge in [0.15, 0.2) is 5.13 Å². The monoisotopic (exact) mass is 364 g/mol. The number of likely N-dealkylation sites (N-methyl/N-ethyl adjacent to an activating group) is 1. The zero-order chi connectivity index (χ0) is 17.9. The van der Waals surface area contributed by atoms with Gasteiger partial charge in [-0.3, -0.25) is 14.7 Å². The molecule has 0 radical (unpaired) electrons. The van der Waals surface area contributed by atoms with E-state index in [4.69, 9.17) is 4.98 Å². The van der Waals surface area contributed by atoms with Crippen LogP contribution >= 0.6 is 11.3 Å². The van der Waals surface area contributed by atoms with Crippen molar-refractivity contribution in [3.05, 3.63) is 54.9 Å². The summed E-state index contributed by atoms with van der Waals surface area (Å²) in [5.41, 5.74) is 2.98. The van der Waals surface area contributed by atoms with Crippen LogP contribution in [-0.2, 0) is 4.79 Å². The first kappa shape index (κ1) is 16.9. The van der Waals surface area contributed by atoms with Crippen molar-refractivity contribution in [2.45, 2.75) is 6.42 Å². The quantitative estimate of drug-likeness (QED) is 0.713. The lowest BCUT2D eigenvalue weighted by molar-refractivity contribution is -0.118. The molecule has 0 atom stereocenters. The maximum absolute atomic E-state index is 12.6. The number of nitrogens with zero attached hydrogens (tertiary/aromatic N) is 4. The van der Waals surface area contributed by atoms with E-state index in [1.807, 2.05) is 41.4 Å². The van der Waals surface area contributed by atoms with Gasteiger partial charge in [0.25, 0.3) is 0 Å². The molecule has 5 nitrogen and oxygen atoms in total. The first-order chi connectivity index (χ1) is 12.7. The lowest BCUT2D eigenvalue weighted by atomic mass is 10.1. The third-order valence-electron chi connectivity index (χ3n) is 4.53. The maximum atomic E-state index is 12.6. The highest BCUT2D eigenvalue weighted by Gasteiger charge is 2.25. The van der Waals surface area contributed by atoms with Gasteiger partial charge in [-0.15, -0.1) is 0 Å². The van der Waals surface area contributed by atoms with Gasteiger partial charge in [-0.05, 0) is 13.1 Å². The van der Waals surface area contributed by atoms with Gasteiger partial charge in [0.2, 0.25) is 5.91 Å². The lowest BCUT2D eigenvalue weighted by Crippen LogP contribution is -2.32. The maximum Gasteiger partial charge on any atom is 0.230 e. The highest BCUT2D eigenvalue weighted by molar-refractivity contribution is 7.19. The average Bonchev–Trinajstić information content (AvgIpc) is 3.05. The van der Waals surface area contributed by atoms with Crippen LogP contribution in [0.4, 0.5) is 5.13 Å². The van der Waals surface area contributed by atoms with E-state index in [2.05, 4.69) is 29.1 Å². The Balaban J connectivity index is 1.80. The molecule has 1 aromatic carbocycles. The van der Waals surface area contributed by atoms with Crippen molar-refractivity contribution < 1.29 is 4.79 Å². The number of carbonyl (C=O) groups excluding carboxylic acids is 1. The summed E-state index contributed by atoms with van der Waals surface area (Å²) in [7, 11) is 2.05. The molecule has 1 amide bonds. The first-order valence-electron chi connectivity index (χ1n) is 8.68. The zero-order valence-corrected chi connectivity index (χ0v) is 15.4. The Kier molecular flexibility index (Phi) is 4.77. The van der Waals surface area contributed by atoms with E-state index in [-0.39, 0.29) is 5.91 Å². The van der Waals surface area contributed by atoms with Crippen LogP contribution < -0.4 is 4.90 Å². The Morgan fingerprint density at radius 1 is 1.00 bits per heavy atom. The van der Waals surface area contributed by atoms with Crippen molar-refractivity contribution in [3.63, 3.8) is 0 Å². The molecule has 1 aliphatic rings. The molecule has 132 valence electrons. The number of anilines is 1. The first-order valence-corrected chi connectivity index (χ1v) is 9.49. The van der Waals surface area contributed by atoms with Gasteiger partial charge in [0, 0.05) is 49.6 Å². The number of pyridine rings is 1. The van der Waals surface area contributed by atoms with Crippen molar-refractivity contribution in [3.8, 4) is 21.7 Å². The number of hydrogen-bond acceptors (Lipinski definition) is 5. The molecule has 0 N–H and O–H groups in total. The van der Waals surface area contributed by atoms with E-state index < -0.39 is 0 Å². The standard InChI is InChI=1S/C20H20N4OS/c1-23-11-9-17(25)24(13-12-23)20-22-18(15-6-3-2-4-7-15)19(26-20)16-8-5-10-21-14-16/h2-8,10,14H,9,11-13H2,1H3. The smallest absolute Gasteiger partial charge is 0.230 e. The van der Waals surface area contributed by atoms with Crippen LogP contribution in [-0.4, -0.2) is 47.5 Å². The fraction of sp³-hybridized carbons (Fsp3) is 0.250. The van der Waals surface area contributed by atoms with E-state index >= 15 is 0 Å². The highest BCUT2D eigenvalue weighted by Crippen LogP contribution is 2.40. The Labute approximate surface area is 156 Å². The molecule has 0 unspecified atom stereocenters. The van der Waals surface area contributed by atoms with Crippen molar-refractivity contribution in [1.82, 2.24) is 14.9 Å². The molecule has 4 rings (SSSR count). The summed E-state index contributed by atoms with van der Waals surface area (Å²) in [4.78, 5) is 26.8. The van der Waals surface area contributed by atoms with E-state index in [0.29, 0.717) is 13.0 Å².